The topological polar surface area (TPSA) is 93.7 Å². The van der Waals surface area contributed by atoms with E-state index in [1.54, 1.807) is 7.11 Å². The molecule has 0 aliphatic heterocycles. The second-order valence-electron chi connectivity index (χ2n) is 8.79. The number of benzene rings is 2. The first-order chi connectivity index (χ1) is 16.5. The van der Waals surface area contributed by atoms with Crippen LogP contribution in [0.15, 0.2) is 35.2 Å². The molecule has 11 heteroatoms. The van der Waals surface area contributed by atoms with Gasteiger partial charge in [-0.3, -0.25) is 4.79 Å². The number of amides is 1. The van der Waals surface area contributed by atoms with E-state index in [0.717, 1.165) is 16.9 Å². The first-order valence-electron chi connectivity index (χ1n) is 11.3. The molecule has 2 N–H and O–H groups in total. The minimum atomic E-state index is -4.99. The predicted molar refractivity (Wildman–Crippen MR) is 122 cm³/mol. The maximum Gasteiger partial charge on any atom is 0.471 e. The molecule has 1 amide bonds. The maximum atomic E-state index is 13.4. The lowest BCUT2D eigenvalue weighted by Gasteiger charge is -2.30. The molecule has 2 aliphatic rings. The quantitative estimate of drug-likeness (QED) is 0.621. The number of carbonyl (C=O) groups excluding carboxylic acids is 1. The van der Waals surface area contributed by atoms with Crippen LogP contribution < -0.4 is 19.5 Å². The normalized spacial score (nSPS) is 19.9. The van der Waals surface area contributed by atoms with Gasteiger partial charge in [0.1, 0.15) is 11.5 Å². The van der Waals surface area contributed by atoms with E-state index >= 15 is 0 Å². The van der Waals surface area contributed by atoms with Gasteiger partial charge in [-0.15, -0.1) is 0 Å². The van der Waals surface area contributed by atoms with Crippen molar-refractivity contribution >= 4 is 15.9 Å². The Labute approximate surface area is 202 Å². The van der Waals surface area contributed by atoms with Gasteiger partial charge in [0.15, 0.2) is 0 Å². The largest absolute Gasteiger partial charge is 0.496 e. The molecule has 0 spiro atoms. The van der Waals surface area contributed by atoms with Crippen LogP contribution in [0.3, 0.4) is 0 Å². The number of aryl methyl sites for hydroxylation is 1. The van der Waals surface area contributed by atoms with Gasteiger partial charge in [-0.25, -0.2) is 13.1 Å². The molecule has 2 aromatic carbocycles. The van der Waals surface area contributed by atoms with Crippen molar-refractivity contribution in [1.29, 1.82) is 0 Å². The van der Waals surface area contributed by atoms with Crippen molar-refractivity contribution in [2.75, 3.05) is 14.2 Å². The zero-order valence-electron chi connectivity index (χ0n) is 19.4. The summed E-state index contributed by atoms with van der Waals surface area (Å²) in [4.78, 5) is 11.5. The van der Waals surface area contributed by atoms with Crippen LogP contribution in [0, 0.1) is 0 Å². The standard InChI is InChI=1S/C24H27F3N2O5S/c1-33-20-5-3-4-14-6-7-16(13-18(14)20)29-35(31,32)22-11-10-21(34-2)19-12-15(8-9-17(19)22)28-23(30)24(25,26)27/h3-5,10-11,15-16,29H,6-9,12-13H2,1-2H3,(H,28,30)/t15-,16-/m0/s1. The van der Waals surface area contributed by atoms with Crippen molar-refractivity contribution in [3.8, 4) is 11.5 Å². The Hall–Kier alpha value is -2.79. The van der Waals surface area contributed by atoms with Gasteiger partial charge in [-0.1, -0.05) is 12.1 Å². The molecule has 0 saturated carbocycles. The number of alkyl halides is 3. The lowest BCUT2D eigenvalue weighted by atomic mass is 9.87. The Morgan fingerprint density at radius 1 is 0.914 bits per heavy atom. The highest BCUT2D eigenvalue weighted by atomic mass is 32.2. The van der Waals surface area contributed by atoms with Crippen LogP contribution in [0.5, 0.6) is 11.5 Å². The lowest BCUT2D eigenvalue weighted by molar-refractivity contribution is -0.174. The first kappa shape index (κ1) is 25.3. The molecule has 35 heavy (non-hydrogen) atoms. The summed E-state index contributed by atoms with van der Waals surface area (Å²) in [6.45, 7) is 0. The molecule has 190 valence electrons. The monoisotopic (exact) mass is 512 g/mol. The molecule has 2 atom stereocenters. The number of nitrogens with one attached hydrogen (secondary N) is 2. The number of hydrogen-bond acceptors (Lipinski definition) is 5. The van der Waals surface area contributed by atoms with Crippen LogP contribution in [-0.2, 0) is 40.5 Å². The van der Waals surface area contributed by atoms with E-state index in [0.29, 0.717) is 36.1 Å². The average molecular weight is 513 g/mol. The third-order valence-electron chi connectivity index (χ3n) is 6.63. The number of sulfonamides is 1. The van der Waals surface area contributed by atoms with Crippen LogP contribution in [0.1, 0.15) is 35.1 Å². The average Bonchev–Trinajstić information content (AvgIpc) is 2.81. The number of fused-ring (bicyclic) bond motifs is 2. The van der Waals surface area contributed by atoms with Gasteiger partial charge in [0, 0.05) is 17.6 Å². The molecule has 0 heterocycles. The van der Waals surface area contributed by atoms with Crippen molar-refractivity contribution in [2.24, 2.45) is 0 Å². The molecule has 0 bridgehead atoms. The third kappa shape index (κ3) is 5.25. The molecule has 7 nitrogen and oxygen atoms in total. The third-order valence-corrected chi connectivity index (χ3v) is 8.23. The summed E-state index contributed by atoms with van der Waals surface area (Å²) in [6, 6.07) is 7.63. The number of ether oxygens (including phenoxy) is 2. The Balaban J connectivity index is 1.58. The fourth-order valence-electron chi connectivity index (χ4n) is 4.98. The van der Waals surface area contributed by atoms with E-state index in [4.69, 9.17) is 9.47 Å². The van der Waals surface area contributed by atoms with Crippen LogP contribution in [0.2, 0.25) is 0 Å². The van der Waals surface area contributed by atoms with Crippen molar-refractivity contribution < 1.29 is 35.9 Å². The number of hydrogen-bond donors (Lipinski definition) is 2. The van der Waals surface area contributed by atoms with Gasteiger partial charge in [-0.05, 0) is 73.4 Å². The lowest BCUT2D eigenvalue weighted by Crippen LogP contribution is -2.45. The molecule has 4 rings (SSSR count). The summed E-state index contributed by atoms with van der Waals surface area (Å²) in [5.41, 5.74) is 3.11. The smallest absolute Gasteiger partial charge is 0.471 e. The molecular weight excluding hydrogens is 485 g/mol. The van der Waals surface area contributed by atoms with Crippen molar-refractivity contribution in [2.45, 2.75) is 61.7 Å². The van der Waals surface area contributed by atoms with Crippen molar-refractivity contribution in [1.82, 2.24) is 10.0 Å². The Morgan fingerprint density at radius 3 is 2.26 bits per heavy atom. The molecule has 0 radical (unpaired) electrons. The second-order valence-corrected chi connectivity index (χ2v) is 10.5. The van der Waals surface area contributed by atoms with Gasteiger partial charge < -0.3 is 14.8 Å². The molecule has 2 aliphatic carbocycles. The molecule has 2 aromatic rings. The molecule has 0 fully saturated rings. The molecular formula is C24H27F3N2O5S. The van der Waals surface area contributed by atoms with Crippen LogP contribution in [-0.4, -0.2) is 46.8 Å². The maximum absolute atomic E-state index is 13.4. The van der Waals surface area contributed by atoms with Crippen molar-refractivity contribution in [3.63, 3.8) is 0 Å². The van der Waals surface area contributed by atoms with Gasteiger partial charge in [0.25, 0.3) is 0 Å². The minimum Gasteiger partial charge on any atom is -0.496 e. The Bertz CT molecular complexity index is 1220. The Kier molecular flexibility index (Phi) is 7.01. The van der Waals surface area contributed by atoms with E-state index < -0.39 is 28.1 Å². The number of carbonyl (C=O) groups is 1. The summed E-state index contributed by atoms with van der Waals surface area (Å²) in [5, 5.41) is 2.00. The van der Waals surface area contributed by atoms with Crippen LogP contribution in [0.25, 0.3) is 0 Å². The van der Waals surface area contributed by atoms with E-state index in [2.05, 4.69) is 4.72 Å². The van der Waals surface area contributed by atoms with Crippen molar-refractivity contribution in [3.05, 3.63) is 52.6 Å². The van der Waals surface area contributed by atoms with E-state index in [1.807, 2.05) is 23.5 Å². The number of rotatable bonds is 6. The SMILES string of the molecule is COc1cccc2c1C[C@@H](NS(=O)(=O)c1ccc(OC)c3c1CC[C@H](NC(=O)C(F)(F)F)C3)CC2. The van der Waals surface area contributed by atoms with Gasteiger partial charge in [0.05, 0.1) is 19.1 Å². The van der Waals surface area contributed by atoms with Gasteiger partial charge in [-0.2, -0.15) is 13.2 Å². The van der Waals surface area contributed by atoms with E-state index in [1.165, 1.54) is 19.2 Å². The highest BCUT2D eigenvalue weighted by Crippen LogP contribution is 2.36. The van der Waals surface area contributed by atoms with E-state index in [9.17, 15) is 26.4 Å². The summed E-state index contributed by atoms with van der Waals surface area (Å²) < 4.78 is 78.6. The predicted octanol–water partition coefficient (Wildman–Crippen LogP) is 3.08. The van der Waals surface area contributed by atoms with Gasteiger partial charge >= 0.3 is 12.1 Å². The fraction of sp³-hybridized carbons (Fsp3) is 0.458. The van der Waals surface area contributed by atoms with Crippen LogP contribution >= 0.6 is 0 Å². The summed E-state index contributed by atoms with van der Waals surface area (Å²) in [6.07, 6.45) is -2.75. The van der Waals surface area contributed by atoms with E-state index in [-0.39, 0.29) is 30.2 Å². The number of halogens is 3. The molecule has 0 unspecified atom stereocenters. The van der Waals surface area contributed by atoms with Gasteiger partial charge in [0.2, 0.25) is 10.0 Å². The zero-order valence-corrected chi connectivity index (χ0v) is 20.2. The summed E-state index contributed by atoms with van der Waals surface area (Å²) in [7, 11) is -0.936. The minimum absolute atomic E-state index is 0.0394. The zero-order chi connectivity index (χ0) is 25.4. The summed E-state index contributed by atoms with van der Waals surface area (Å²) >= 11 is 0. The molecule has 0 saturated heterocycles. The summed E-state index contributed by atoms with van der Waals surface area (Å²) in [5.74, 6) is -0.912. The highest BCUT2D eigenvalue weighted by molar-refractivity contribution is 7.89. The first-order valence-corrected chi connectivity index (χ1v) is 12.7. The molecule has 0 aromatic heterocycles. The fourth-order valence-corrected chi connectivity index (χ4v) is 6.54. The number of methoxy groups -OCH3 is 2. The highest BCUT2D eigenvalue weighted by Gasteiger charge is 2.40. The Morgan fingerprint density at radius 2 is 1.57 bits per heavy atom. The second kappa shape index (κ2) is 9.69. The van der Waals surface area contributed by atoms with Crippen LogP contribution in [0.4, 0.5) is 13.2 Å².